The van der Waals surface area contributed by atoms with Crippen molar-refractivity contribution in [2.45, 2.75) is 46.3 Å². The van der Waals surface area contributed by atoms with E-state index in [1.807, 2.05) is 67.2 Å². The summed E-state index contributed by atoms with van der Waals surface area (Å²) in [6.07, 6.45) is 5.12. The molecule has 0 saturated heterocycles. The first-order chi connectivity index (χ1) is 15.7. The first kappa shape index (κ1) is 23.1. The van der Waals surface area contributed by atoms with Gasteiger partial charge in [0.2, 0.25) is 5.91 Å². The fraction of sp³-hybridized carbons (Fsp3) is 0.320. The van der Waals surface area contributed by atoms with Crippen molar-refractivity contribution in [1.82, 2.24) is 20.4 Å². The standard InChI is InChI=1S/C25H32N6O/c1-3-9-24(32)30-23-13-7-10-20(16-23)17-27-25(26-4-2)28-18-21-11-5-6-12-22(21)19-31-15-8-14-29-31/h5-8,10-16H,3-4,9,17-19H2,1-2H3,(H,30,32)(H2,26,27,28). The molecule has 168 valence electrons. The normalized spacial score (nSPS) is 11.2. The van der Waals surface area contributed by atoms with E-state index in [1.165, 1.54) is 11.1 Å². The van der Waals surface area contributed by atoms with E-state index in [9.17, 15) is 4.79 Å². The Labute approximate surface area is 190 Å². The van der Waals surface area contributed by atoms with Crippen molar-refractivity contribution < 1.29 is 4.79 Å². The highest BCUT2D eigenvalue weighted by atomic mass is 16.1. The van der Waals surface area contributed by atoms with Crippen molar-refractivity contribution in [2.75, 3.05) is 11.9 Å². The Morgan fingerprint density at radius 2 is 1.88 bits per heavy atom. The van der Waals surface area contributed by atoms with Crippen LogP contribution in [0, 0.1) is 0 Å². The molecule has 0 unspecified atom stereocenters. The zero-order chi connectivity index (χ0) is 22.6. The highest BCUT2D eigenvalue weighted by Crippen LogP contribution is 2.13. The van der Waals surface area contributed by atoms with Crippen molar-refractivity contribution in [3.63, 3.8) is 0 Å². The van der Waals surface area contributed by atoms with E-state index in [-0.39, 0.29) is 5.91 Å². The third-order valence-electron chi connectivity index (χ3n) is 4.91. The van der Waals surface area contributed by atoms with Gasteiger partial charge in [-0.25, -0.2) is 4.99 Å². The quantitative estimate of drug-likeness (QED) is 0.335. The van der Waals surface area contributed by atoms with Gasteiger partial charge in [0.25, 0.3) is 0 Å². The van der Waals surface area contributed by atoms with Crippen LogP contribution in [0.15, 0.2) is 72.0 Å². The zero-order valence-electron chi connectivity index (χ0n) is 18.8. The number of amides is 1. The number of nitrogens with zero attached hydrogens (tertiary/aromatic N) is 3. The van der Waals surface area contributed by atoms with Gasteiger partial charge in [0.1, 0.15) is 0 Å². The predicted octanol–water partition coefficient (Wildman–Crippen LogP) is 3.93. The molecule has 0 aliphatic heterocycles. The lowest BCUT2D eigenvalue weighted by Gasteiger charge is -2.14. The molecule has 0 spiro atoms. The first-order valence-corrected chi connectivity index (χ1v) is 11.1. The summed E-state index contributed by atoms with van der Waals surface area (Å²) in [5.74, 6) is 0.791. The van der Waals surface area contributed by atoms with Crippen molar-refractivity contribution in [3.8, 4) is 0 Å². The maximum atomic E-state index is 11.9. The second-order valence-corrected chi connectivity index (χ2v) is 7.52. The van der Waals surface area contributed by atoms with Crippen LogP contribution in [0.1, 0.15) is 43.4 Å². The minimum absolute atomic E-state index is 0.0388. The van der Waals surface area contributed by atoms with Gasteiger partial charge in [0.05, 0.1) is 13.1 Å². The Morgan fingerprint density at radius 1 is 1.03 bits per heavy atom. The predicted molar refractivity (Wildman–Crippen MR) is 129 cm³/mol. The van der Waals surface area contributed by atoms with Crippen molar-refractivity contribution in [1.29, 1.82) is 0 Å². The van der Waals surface area contributed by atoms with Gasteiger partial charge >= 0.3 is 0 Å². The van der Waals surface area contributed by atoms with Crippen LogP contribution in [-0.2, 0) is 24.4 Å². The van der Waals surface area contributed by atoms with Gasteiger partial charge in [-0.2, -0.15) is 5.10 Å². The highest BCUT2D eigenvalue weighted by Gasteiger charge is 2.06. The molecule has 0 aliphatic carbocycles. The molecule has 1 heterocycles. The molecule has 3 N–H and O–H groups in total. The minimum atomic E-state index is 0.0388. The molecule has 0 aliphatic rings. The van der Waals surface area contributed by atoms with Gasteiger partial charge in [0.15, 0.2) is 5.96 Å². The third-order valence-corrected chi connectivity index (χ3v) is 4.91. The van der Waals surface area contributed by atoms with Gasteiger partial charge in [-0.15, -0.1) is 0 Å². The van der Waals surface area contributed by atoms with Crippen molar-refractivity contribution in [2.24, 2.45) is 4.99 Å². The maximum Gasteiger partial charge on any atom is 0.224 e. The van der Waals surface area contributed by atoms with Crippen molar-refractivity contribution in [3.05, 3.63) is 83.7 Å². The number of guanidine groups is 1. The van der Waals surface area contributed by atoms with Crippen LogP contribution in [-0.4, -0.2) is 28.2 Å². The van der Waals surface area contributed by atoms with Crippen molar-refractivity contribution >= 4 is 17.6 Å². The van der Waals surface area contributed by atoms with Crippen LogP contribution in [0.5, 0.6) is 0 Å². The fourth-order valence-electron chi connectivity index (χ4n) is 3.34. The van der Waals surface area contributed by atoms with Crippen LogP contribution in [0.25, 0.3) is 0 Å². The molecule has 32 heavy (non-hydrogen) atoms. The summed E-state index contributed by atoms with van der Waals surface area (Å²) in [4.78, 5) is 16.6. The van der Waals surface area contributed by atoms with Crippen LogP contribution >= 0.6 is 0 Å². The first-order valence-electron chi connectivity index (χ1n) is 11.1. The smallest absolute Gasteiger partial charge is 0.224 e. The van der Waals surface area contributed by atoms with E-state index < -0.39 is 0 Å². The molecule has 7 nitrogen and oxygen atoms in total. The molecule has 3 aromatic rings. The van der Waals surface area contributed by atoms with E-state index >= 15 is 0 Å². The van der Waals surface area contributed by atoms with Gasteiger partial charge in [0, 0.05) is 37.6 Å². The third kappa shape index (κ3) is 7.27. The minimum Gasteiger partial charge on any atom is -0.357 e. The number of nitrogens with one attached hydrogen (secondary N) is 3. The molecule has 1 amide bonds. The number of carbonyl (C=O) groups is 1. The summed E-state index contributed by atoms with van der Waals surface area (Å²) >= 11 is 0. The Morgan fingerprint density at radius 3 is 2.62 bits per heavy atom. The maximum absolute atomic E-state index is 11.9. The molecule has 0 atom stereocenters. The van der Waals surface area contributed by atoms with E-state index in [1.54, 1.807) is 6.20 Å². The molecular weight excluding hydrogens is 400 g/mol. The second-order valence-electron chi connectivity index (χ2n) is 7.52. The van der Waals surface area contributed by atoms with Gasteiger partial charge in [-0.3, -0.25) is 9.48 Å². The zero-order valence-corrected chi connectivity index (χ0v) is 18.8. The molecule has 0 radical (unpaired) electrons. The Balaban J connectivity index is 1.63. The van der Waals surface area contributed by atoms with Gasteiger partial charge in [-0.1, -0.05) is 43.3 Å². The number of benzene rings is 2. The summed E-state index contributed by atoms with van der Waals surface area (Å²) in [5, 5.41) is 14.0. The lowest BCUT2D eigenvalue weighted by atomic mass is 10.1. The average molecular weight is 433 g/mol. The fourth-order valence-corrected chi connectivity index (χ4v) is 3.34. The number of carbonyl (C=O) groups excluding carboxylic acids is 1. The largest absolute Gasteiger partial charge is 0.357 e. The van der Waals surface area contributed by atoms with E-state index in [0.29, 0.717) is 19.5 Å². The number of hydrogen-bond acceptors (Lipinski definition) is 3. The monoisotopic (exact) mass is 432 g/mol. The summed E-state index contributed by atoms with van der Waals surface area (Å²) < 4.78 is 1.92. The van der Waals surface area contributed by atoms with Gasteiger partial charge < -0.3 is 16.0 Å². The molecule has 0 saturated carbocycles. The van der Waals surface area contributed by atoms with E-state index in [4.69, 9.17) is 4.99 Å². The SMILES string of the molecule is CCCC(=O)Nc1cccc(CN=C(NCC)NCc2ccccc2Cn2cccn2)c1. The number of hydrogen-bond donors (Lipinski definition) is 3. The average Bonchev–Trinajstić information content (AvgIpc) is 3.30. The van der Waals surface area contributed by atoms with Crippen LogP contribution in [0.3, 0.4) is 0 Å². The number of anilines is 1. The van der Waals surface area contributed by atoms with E-state index in [2.05, 4.69) is 33.2 Å². The molecule has 2 aromatic carbocycles. The number of rotatable bonds is 10. The number of aromatic nitrogens is 2. The topological polar surface area (TPSA) is 83.3 Å². The molecule has 3 rings (SSSR count). The second kappa shape index (κ2) is 12.3. The van der Waals surface area contributed by atoms with Crippen LogP contribution in [0.2, 0.25) is 0 Å². The molecule has 0 fully saturated rings. The summed E-state index contributed by atoms with van der Waals surface area (Å²) in [6.45, 7) is 6.73. The summed E-state index contributed by atoms with van der Waals surface area (Å²) in [7, 11) is 0. The summed E-state index contributed by atoms with van der Waals surface area (Å²) in [6, 6.07) is 18.1. The molecular formula is C25H32N6O. The lowest BCUT2D eigenvalue weighted by Crippen LogP contribution is -2.37. The van der Waals surface area contributed by atoms with Crippen LogP contribution < -0.4 is 16.0 Å². The van der Waals surface area contributed by atoms with Gasteiger partial charge in [-0.05, 0) is 48.2 Å². The molecule has 7 heteroatoms. The molecule has 1 aromatic heterocycles. The Hall–Kier alpha value is -3.61. The summed E-state index contributed by atoms with van der Waals surface area (Å²) in [5.41, 5.74) is 4.27. The van der Waals surface area contributed by atoms with Crippen LogP contribution in [0.4, 0.5) is 5.69 Å². The Kier molecular flexibility index (Phi) is 8.86. The highest BCUT2D eigenvalue weighted by molar-refractivity contribution is 5.90. The van der Waals surface area contributed by atoms with E-state index in [0.717, 1.165) is 36.7 Å². The number of aliphatic imine (C=N–C) groups is 1. The Bertz CT molecular complexity index is 1010. The molecule has 0 bridgehead atoms. The lowest BCUT2D eigenvalue weighted by molar-refractivity contribution is -0.116.